The molecule has 0 aromatic heterocycles. The second-order valence-electron chi connectivity index (χ2n) is 8.57. The molecule has 180 valence electrons. The number of nitrogens with zero attached hydrogens (tertiary/aromatic N) is 4. The monoisotopic (exact) mass is 551 g/mol. The number of ether oxygens (including phenoxy) is 2. The Morgan fingerprint density at radius 1 is 1.00 bits per heavy atom. The van der Waals surface area contributed by atoms with Gasteiger partial charge in [0.2, 0.25) is 5.91 Å². The van der Waals surface area contributed by atoms with Crippen LogP contribution in [-0.4, -0.2) is 112 Å². The molecule has 8 nitrogen and oxygen atoms in total. The predicted molar refractivity (Wildman–Crippen MR) is 134 cm³/mol. The van der Waals surface area contributed by atoms with E-state index in [1.54, 1.807) is 0 Å². The highest BCUT2D eigenvalue weighted by Crippen LogP contribution is 2.12. The number of hydrogen-bond acceptors (Lipinski definition) is 5. The zero-order chi connectivity index (χ0) is 21.0. The third kappa shape index (κ3) is 9.39. The van der Waals surface area contributed by atoms with Crippen LogP contribution in [-0.2, 0) is 14.3 Å². The molecule has 3 saturated heterocycles. The molecular formula is C22H42IN5O3. The molecule has 0 spiro atoms. The normalized spacial score (nSPS) is 22.0. The molecule has 0 aromatic carbocycles. The van der Waals surface area contributed by atoms with Crippen molar-refractivity contribution in [3.8, 4) is 0 Å². The predicted octanol–water partition coefficient (Wildman–Crippen LogP) is 1.79. The van der Waals surface area contributed by atoms with E-state index in [1.165, 1.54) is 12.8 Å². The summed E-state index contributed by atoms with van der Waals surface area (Å²) in [5.74, 6) is 1.26. The van der Waals surface area contributed by atoms with Crippen molar-refractivity contribution in [2.45, 2.75) is 51.0 Å². The van der Waals surface area contributed by atoms with Gasteiger partial charge in [0.1, 0.15) is 0 Å². The van der Waals surface area contributed by atoms with Gasteiger partial charge in [0.15, 0.2) is 5.96 Å². The van der Waals surface area contributed by atoms with Crippen LogP contribution < -0.4 is 5.32 Å². The molecule has 3 aliphatic rings. The van der Waals surface area contributed by atoms with Crippen molar-refractivity contribution in [1.82, 2.24) is 20.0 Å². The van der Waals surface area contributed by atoms with Crippen LogP contribution in [0.4, 0.5) is 0 Å². The van der Waals surface area contributed by atoms with Crippen molar-refractivity contribution < 1.29 is 14.3 Å². The molecule has 31 heavy (non-hydrogen) atoms. The Hall–Kier alpha value is -0.650. The van der Waals surface area contributed by atoms with E-state index in [4.69, 9.17) is 9.47 Å². The largest absolute Gasteiger partial charge is 0.381 e. The molecule has 0 atom stereocenters. The molecule has 0 radical (unpaired) electrons. The summed E-state index contributed by atoms with van der Waals surface area (Å²) in [6, 6.07) is 0. The number of amides is 1. The van der Waals surface area contributed by atoms with Gasteiger partial charge in [-0.15, -0.1) is 24.0 Å². The Bertz CT molecular complexity index is 529. The van der Waals surface area contributed by atoms with Gasteiger partial charge in [0.25, 0.3) is 0 Å². The Morgan fingerprint density at radius 2 is 1.68 bits per heavy atom. The molecule has 0 aromatic rings. The van der Waals surface area contributed by atoms with Gasteiger partial charge >= 0.3 is 0 Å². The maximum absolute atomic E-state index is 12.6. The number of hydrogen-bond donors (Lipinski definition) is 1. The molecular weight excluding hydrogens is 509 g/mol. The summed E-state index contributed by atoms with van der Waals surface area (Å²) >= 11 is 0. The minimum absolute atomic E-state index is 0. The molecule has 3 heterocycles. The highest BCUT2D eigenvalue weighted by molar-refractivity contribution is 14.0. The minimum atomic E-state index is 0. The van der Waals surface area contributed by atoms with Crippen molar-refractivity contribution in [1.29, 1.82) is 0 Å². The summed E-state index contributed by atoms with van der Waals surface area (Å²) in [7, 11) is 1.84. The number of likely N-dealkylation sites (tertiary alicyclic amines) is 1. The Labute approximate surface area is 205 Å². The number of carbonyl (C=O) groups excluding carboxylic acids is 1. The second kappa shape index (κ2) is 15.2. The first-order valence-corrected chi connectivity index (χ1v) is 11.9. The smallest absolute Gasteiger partial charge is 0.236 e. The molecule has 3 aliphatic heterocycles. The SMILES string of the molecule is CN=C(NCCCOC1CCOCC1)N1CCN(CC(=O)N2CCCCCC2)CC1.I. The summed E-state index contributed by atoms with van der Waals surface area (Å²) < 4.78 is 11.3. The maximum Gasteiger partial charge on any atom is 0.236 e. The average Bonchev–Trinajstić information content (AvgIpc) is 3.07. The summed E-state index contributed by atoms with van der Waals surface area (Å²) in [4.78, 5) is 23.7. The van der Waals surface area contributed by atoms with Crippen LogP contribution in [0.5, 0.6) is 0 Å². The first kappa shape index (κ1) is 26.6. The van der Waals surface area contributed by atoms with Crippen molar-refractivity contribution in [3.63, 3.8) is 0 Å². The third-order valence-corrected chi connectivity index (χ3v) is 6.33. The Balaban J connectivity index is 0.00000341. The quantitative estimate of drug-likeness (QED) is 0.225. The first-order chi connectivity index (χ1) is 14.8. The van der Waals surface area contributed by atoms with E-state index < -0.39 is 0 Å². The van der Waals surface area contributed by atoms with E-state index in [2.05, 4.69) is 25.0 Å². The number of piperazine rings is 1. The second-order valence-corrected chi connectivity index (χ2v) is 8.57. The van der Waals surface area contributed by atoms with Gasteiger partial charge in [0, 0.05) is 72.7 Å². The summed E-state index contributed by atoms with van der Waals surface area (Å²) in [6.45, 7) is 9.36. The number of rotatable bonds is 7. The van der Waals surface area contributed by atoms with E-state index in [9.17, 15) is 4.79 Å². The number of aliphatic imine (C=N–C) groups is 1. The third-order valence-electron chi connectivity index (χ3n) is 6.33. The topological polar surface area (TPSA) is 69.6 Å². The van der Waals surface area contributed by atoms with Crippen LogP contribution in [0.3, 0.4) is 0 Å². The highest BCUT2D eigenvalue weighted by Gasteiger charge is 2.23. The molecule has 0 aliphatic carbocycles. The average molecular weight is 552 g/mol. The van der Waals surface area contributed by atoms with Gasteiger partial charge in [-0.2, -0.15) is 0 Å². The number of nitrogens with one attached hydrogen (secondary N) is 1. The van der Waals surface area contributed by atoms with Crippen LogP contribution in [0.1, 0.15) is 44.9 Å². The van der Waals surface area contributed by atoms with Gasteiger partial charge in [-0.25, -0.2) is 0 Å². The van der Waals surface area contributed by atoms with Crippen LogP contribution in [0, 0.1) is 0 Å². The van der Waals surface area contributed by atoms with Gasteiger partial charge in [-0.1, -0.05) is 12.8 Å². The molecule has 0 unspecified atom stereocenters. The van der Waals surface area contributed by atoms with Crippen LogP contribution in [0.25, 0.3) is 0 Å². The lowest BCUT2D eigenvalue weighted by molar-refractivity contribution is -0.132. The molecule has 1 amide bonds. The fourth-order valence-corrected chi connectivity index (χ4v) is 4.43. The zero-order valence-corrected chi connectivity index (χ0v) is 21.6. The maximum atomic E-state index is 12.6. The Morgan fingerprint density at radius 3 is 2.32 bits per heavy atom. The fourth-order valence-electron chi connectivity index (χ4n) is 4.43. The van der Waals surface area contributed by atoms with Gasteiger partial charge in [-0.3, -0.25) is 14.7 Å². The van der Waals surface area contributed by atoms with E-state index in [0.717, 1.165) is 104 Å². The van der Waals surface area contributed by atoms with Gasteiger partial charge in [-0.05, 0) is 32.1 Å². The van der Waals surface area contributed by atoms with Crippen molar-refractivity contribution in [2.75, 3.05) is 79.2 Å². The molecule has 0 saturated carbocycles. The Kier molecular flexibility index (Phi) is 13.1. The number of guanidine groups is 1. The van der Waals surface area contributed by atoms with Crippen LogP contribution in [0.15, 0.2) is 4.99 Å². The lowest BCUT2D eigenvalue weighted by atomic mass is 10.1. The fraction of sp³-hybridized carbons (Fsp3) is 0.909. The van der Waals surface area contributed by atoms with Crippen molar-refractivity contribution in [2.24, 2.45) is 4.99 Å². The summed E-state index contributed by atoms with van der Waals surface area (Å²) in [5.41, 5.74) is 0. The highest BCUT2D eigenvalue weighted by atomic mass is 127. The molecule has 3 rings (SSSR count). The van der Waals surface area contributed by atoms with Crippen LogP contribution in [0.2, 0.25) is 0 Å². The number of carbonyl (C=O) groups is 1. The summed E-state index contributed by atoms with van der Waals surface area (Å²) in [5, 5.41) is 3.47. The van der Waals surface area contributed by atoms with E-state index in [0.29, 0.717) is 18.6 Å². The lowest BCUT2D eigenvalue weighted by Gasteiger charge is -2.37. The molecule has 9 heteroatoms. The van der Waals surface area contributed by atoms with E-state index in [-0.39, 0.29) is 24.0 Å². The van der Waals surface area contributed by atoms with Crippen molar-refractivity contribution in [3.05, 3.63) is 0 Å². The lowest BCUT2D eigenvalue weighted by Crippen LogP contribution is -2.54. The number of halogens is 1. The zero-order valence-electron chi connectivity index (χ0n) is 19.2. The molecule has 0 bridgehead atoms. The summed E-state index contributed by atoms with van der Waals surface area (Å²) in [6.07, 6.45) is 8.19. The van der Waals surface area contributed by atoms with Gasteiger partial charge < -0.3 is 24.6 Å². The minimum Gasteiger partial charge on any atom is -0.381 e. The molecule has 1 N–H and O–H groups in total. The van der Waals surface area contributed by atoms with Crippen LogP contribution >= 0.6 is 24.0 Å². The van der Waals surface area contributed by atoms with E-state index in [1.807, 2.05) is 7.05 Å². The van der Waals surface area contributed by atoms with E-state index >= 15 is 0 Å². The first-order valence-electron chi connectivity index (χ1n) is 11.9. The molecule has 3 fully saturated rings. The van der Waals surface area contributed by atoms with Crippen molar-refractivity contribution >= 4 is 35.8 Å². The standard InChI is InChI=1S/C22H41N5O3.HI/c1-23-22(24-9-6-16-30-20-7-17-29-18-8-20)27-14-12-25(13-15-27)19-21(28)26-10-4-2-3-5-11-26;/h20H,2-19H2,1H3,(H,23,24);1H. The van der Waals surface area contributed by atoms with Gasteiger partial charge in [0.05, 0.1) is 12.6 Å².